The van der Waals surface area contributed by atoms with Crippen LogP contribution >= 0.6 is 11.3 Å². The van der Waals surface area contributed by atoms with E-state index in [1.54, 1.807) is 6.20 Å². The van der Waals surface area contributed by atoms with Crippen molar-refractivity contribution in [2.45, 2.75) is 32.5 Å². The number of rotatable bonds is 5. The van der Waals surface area contributed by atoms with Crippen molar-refractivity contribution in [3.63, 3.8) is 0 Å². The highest BCUT2D eigenvalue weighted by atomic mass is 32.1. The second kappa shape index (κ2) is 7.71. The van der Waals surface area contributed by atoms with Gasteiger partial charge in [-0.25, -0.2) is 4.98 Å². The number of hydrogen-bond donors (Lipinski definition) is 1. The maximum atomic E-state index is 12.6. The minimum absolute atomic E-state index is 0.142. The molecule has 1 N–H and O–H groups in total. The summed E-state index contributed by atoms with van der Waals surface area (Å²) in [5.41, 5.74) is -0.0231. The molecule has 9 heteroatoms. The van der Waals surface area contributed by atoms with Crippen molar-refractivity contribution in [1.29, 1.82) is 0 Å². The lowest BCUT2D eigenvalue weighted by molar-refractivity contribution is -0.137. The highest BCUT2D eigenvalue weighted by molar-refractivity contribution is 7.15. The summed E-state index contributed by atoms with van der Waals surface area (Å²) >= 11 is 1.45. The van der Waals surface area contributed by atoms with Crippen LogP contribution in [0.3, 0.4) is 0 Å². The zero-order valence-electron chi connectivity index (χ0n) is 14.2. The first-order chi connectivity index (χ1) is 12.3. The number of hydrogen-bond acceptors (Lipinski definition) is 5. The molecule has 0 saturated carbocycles. The van der Waals surface area contributed by atoms with E-state index < -0.39 is 11.7 Å². The van der Waals surface area contributed by atoms with Crippen molar-refractivity contribution < 1.29 is 18.0 Å². The van der Waals surface area contributed by atoms with Gasteiger partial charge in [0.25, 0.3) is 0 Å². The van der Waals surface area contributed by atoms with Crippen LogP contribution in [0.15, 0.2) is 24.5 Å². The molecule has 1 unspecified atom stereocenters. The van der Waals surface area contributed by atoms with E-state index in [1.165, 1.54) is 24.3 Å². The smallest absolute Gasteiger partial charge is 0.302 e. The Hall–Kier alpha value is -2.00. The van der Waals surface area contributed by atoms with Crippen LogP contribution in [0.5, 0.6) is 0 Å². The molecule has 2 aromatic rings. The van der Waals surface area contributed by atoms with Crippen LogP contribution in [0.1, 0.15) is 29.5 Å². The van der Waals surface area contributed by atoms with Crippen LogP contribution in [-0.4, -0.2) is 33.9 Å². The number of carbonyl (C=O) groups excluding carboxylic acids is 1. The summed E-state index contributed by atoms with van der Waals surface area (Å²) in [6, 6.07) is 2.56. The van der Waals surface area contributed by atoms with Crippen LogP contribution in [0.25, 0.3) is 0 Å². The molecule has 26 heavy (non-hydrogen) atoms. The zero-order chi connectivity index (χ0) is 18.7. The van der Waals surface area contributed by atoms with Crippen LogP contribution in [0, 0.1) is 5.92 Å². The predicted octanol–water partition coefficient (Wildman–Crippen LogP) is 3.58. The van der Waals surface area contributed by atoms with Gasteiger partial charge in [-0.1, -0.05) is 0 Å². The number of thiazole rings is 1. The van der Waals surface area contributed by atoms with Gasteiger partial charge in [0.2, 0.25) is 5.91 Å². The molecule has 0 bridgehead atoms. The minimum atomic E-state index is -4.35. The van der Waals surface area contributed by atoms with Gasteiger partial charge in [0.05, 0.1) is 5.56 Å². The lowest BCUT2D eigenvalue weighted by Crippen LogP contribution is -2.20. The molecule has 1 aliphatic heterocycles. The molecule has 1 saturated heterocycles. The molecule has 0 aliphatic carbocycles. The first-order valence-electron chi connectivity index (χ1n) is 8.26. The molecule has 1 amide bonds. The van der Waals surface area contributed by atoms with Gasteiger partial charge in [-0.3, -0.25) is 14.7 Å². The number of anilines is 1. The fourth-order valence-corrected chi connectivity index (χ4v) is 3.94. The van der Waals surface area contributed by atoms with E-state index in [4.69, 9.17) is 0 Å². The zero-order valence-corrected chi connectivity index (χ0v) is 15.0. The molecule has 5 nitrogen and oxygen atoms in total. The fraction of sp³-hybridized carbons (Fsp3) is 0.471. The maximum absolute atomic E-state index is 12.6. The van der Waals surface area contributed by atoms with E-state index in [1.807, 2.05) is 0 Å². The number of likely N-dealkylation sites (tertiary alicyclic amines) is 1. The normalized spacial score (nSPS) is 18.2. The molecule has 1 fully saturated rings. The minimum Gasteiger partial charge on any atom is -0.302 e. The maximum Gasteiger partial charge on any atom is 0.417 e. The molecule has 3 rings (SSSR count). The third kappa shape index (κ3) is 5.01. The highest BCUT2D eigenvalue weighted by Crippen LogP contribution is 2.29. The molecule has 0 spiro atoms. The van der Waals surface area contributed by atoms with Crippen molar-refractivity contribution in [3.05, 3.63) is 40.7 Å². The van der Waals surface area contributed by atoms with Gasteiger partial charge >= 0.3 is 6.18 Å². The second-order valence-electron chi connectivity index (χ2n) is 6.44. The number of nitrogens with zero attached hydrogens (tertiary/aromatic N) is 3. The molecule has 0 aromatic carbocycles. The van der Waals surface area contributed by atoms with Crippen molar-refractivity contribution in [3.8, 4) is 0 Å². The van der Waals surface area contributed by atoms with Crippen molar-refractivity contribution in [1.82, 2.24) is 14.9 Å². The lowest BCUT2D eigenvalue weighted by atomic mass is 10.0. The van der Waals surface area contributed by atoms with Crippen molar-refractivity contribution in [2.24, 2.45) is 5.92 Å². The molecule has 1 atom stereocenters. The van der Waals surface area contributed by atoms with E-state index in [9.17, 15) is 18.0 Å². The van der Waals surface area contributed by atoms with E-state index in [0.29, 0.717) is 23.2 Å². The van der Waals surface area contributed by atoms with Gasteiger partial charge in [0.15, 0.2) is 5.13 Å². The Morgan fingerprint density at radius 2 is 2.15 bits per heavy atom. The molecule has 1 aliphatic rings. The van der Waals surface area contributed by atoms with Crippen LogP contribution in [0.2, 0.25) is 0 Å². The number of halogens is 3. The van der Waals surface area contributed by atoms with E-state index in [0.717, 1.165) is 43.2 Å². The third-order valence-corrected chi connectivity index (χ3v) is 5.13. The summed E-state index contributed by atoms with van der Waals surface area (Å²) in [6.45, 7) is 4.00. The van der Waals surface area contributed by atoms with E-state index in [2.05, 4.69) is 20.2 Å². The molecule has 3 heterocycles. The SMILES string of the molecule is CC(=O)Nc1ncc(CN2CCC(Cc3ccc(C(F)(F)F)cn3)C2)s1. The Kier molecular flexibility index (Phi) is 5.57. The Morgan fingerprint density at radius 3 is 2.81 bits per heavy atom. The summed E-state index contributed by atoms with van der Waals surface area (Å²) in [4.78, 5) is 22.5. The van der Waals surface area contributed by atoms with Gasteiger partial charge in [-0.2, -0.15) is 13.2 Å². The summed E-state index contributed by atoms with van der Waals surface area (Å²) in [5, 5.41) is 3.26. The molecule has 0 radical (unpaired) electrons. The summed E-state index contributed by atoms with van der Waals surface area (Å²) < 4.78 is 37.7. The van der Waals surface area contributed by atoms with E-state index >= 15 is 0 Å². The number of carbonyl (C=O) groups is 1. The monoisotopic (exact) mass is 384 g/mol. The standard InChI is InChI=1S/C17H19F3N4OS/c1-11(25)23-16-22-8-15(26-16)10-24-5-4-12(9-24)6-14-3-2-13(7-21-14)17(18,19)20/h2-3,7-8,12H,4-6,9-10H2,1H3,(H,22,23,25). The number of aromatic nitrogens is 2. The average Bonchev–Trinajstić information content (AvgIpc) is 3.16. The van der Waals surface area contributed by atoms with Gasteiger partial charge in [-0.15, -0.1) is 11.3 Å². The highest BCUT2D eigenvalue weighted by Gasteiger charge is 2.31. The molecular formula is C17H19F3N4OS. The second-order valence-corrected chi connectivity index (χ2v) is 7.56. The quantitative estimate of drug-likeness (QED) is 0.856. The van der Waals surface area contributed by atoms with Gasteiger partial charge in [0, 0.05) is 43.0 Å². The Labute approximate surface area is 153 Å². The number of pyridine rings is 1. The number of nitrogens with one attached hydrogen (secondary N) is 1. The topological polar surface area (TPSA) is 58.1 Å². The first kappa shape index (κ1) is 18.8. The summed E-state index contributed by atoms with van der Waals surface area (Å²) in [6.07, 6.45) is -0.0152. The van der Waals surface area contributed by atoms with Crippen LogP contribution < -0.4 is 5.32 Å². The average molecular weight is 384 g/mol. The molecule has 2 aromatic heterocycles. The number of alkyl halides is 3. The first-order valence-corrected chi connectivity index (χ1v) is 9.08. The third-order valence-electron chi connectivity index (χ3n) is 4.24. The number of amides is 1. The summed E-state index contributed by atoms with van der Waals surface area (Å²) in [7, 11) is 0. The Balaban J connectivity index is 1.51. The largest absolute Gasteiger partial charge is 0.417 e. The molecular weight excluding hydrogens is 365 g/mol. The fourth-order valence-electron chi connectivity index (χ4n) is 3.04. The predicted molar refractivity (Wildman–Crippen MR) is 92.7 cm³/mol. The molecule has 140 valence electrons. The van der Waals surface area contributed by atoms with Crippen molar-refractivity contribution in [2.75, 3.05) is 18.4 Å². The summed E-state index contributed by atoms with van der Waals surface area (Å²) in [5.74, 6) is 0.234. The van der Waals surface area contributed by atoms with Gasteiger partial charge in [-0.05, 0) is 37.4 Å². The Bertz CT molecular complexity index is 760. The lowest BCUT2D eigenvalue weighted by Gasteiger charge is -2.14. The van der Waals surface area contributed by atoms with Gasteiger partial charge < -0.3 is 5.32 Å². The Morgan fingerprint density at radius 1 is 1.35 bits per heavy atom. The van der Waals surface area contributed by atoms with Crippen molar-refractivity contribution >= 4 is 22.4 Å². The van der Waals surface area contributed by atoms with Gasteiger partial charge in [0.1, 0.15) is 0 Å². The van der Waals surface area contributed by atoms with E-state index in [-0.39, 0.29) is 5.91 Å². The van der Waals surface area contributed by atoms with Crippen LogP contribution in [0.4, 0.5) is 18.3 Å². The van der Waals surface area contributed by atoms with Crippen LogP contribution in [-0.2, 0) is 23.9 Å².